The van der Waals surface area contributed by atoms with Crippen LogP contribution in [-0.2, 0) is 6.54 Å². The summed E-state index contributed by atoms with van der Waals surface area (Å²) in [5.41, 5.74) is 7.88. The zero-order valence-electron chi connectivity index (χ0n) is 10.9. The molecule has 2 aromatic rings. The van der Waals surface area contributed by atoms with Gasteiger partial charge in [-0.3, -0.25) is 4.79 Å². The van der Waals surface area contributed by atoms with E-state index in [4.69, 9.17) is 17.3 Å². The van der Waals surface area contributed by atoms with Crippen LogP contribution in [-0.4, -0.2) is 5.91 Å². The lowest BCUT2D eigenvalue weighted by Crippen LogP contribution is -2.11. The van der Waals surface area contributed by atoms with Gasteiger partial charge in [0, 0.05) is 28.4 Å². The van der Waals surface area contributed by atoms with Gasteiger partial charge in [-0.1, -0.05) is 17.7 Å². The second-order valence-corrected chi connectivity index (χ2v) is 4.92. The van der Waals surface area contributed by atoms with Crippen LogP contribution in [0.2, 0.25) is 5.02 Å². The fourth-order valence-electron chi connectivity index (χ4n) is 1.87. The highest BCUT2D eigenvalue weighted by Crippen LogP contribution is 2.19. The molecule has 0 bridgehead atoms. The Hall–Kier alpha value is -2.07. The molecule has 3 N–H and O–H groups in total. The molecule has 2 aromatic carbocycles. The van der Waals surface area contributed by atoms with Gasteiger partial charge in [0.1, 0.15) is 5.82 Å². The Morgan fingerprint density at radius 3 is 2.65 bits per heavy atom. The van der Waals surface area contributed by atoms with Crippen LogP contribution in [0.1, 0.15) is 21.5 Å². The van der Waals surface area contributed by atoms with Gasteiger partial charge in [-0.15, -0.1) is 0 Å². The monoisotopic (exact) mass is 292 g/mol. The van der Waals surface area contributed by atoms with Gasteiger partial charge in [0.25, 0.3) is 0 Å². The zero-order valence-corrected chi connectivity index (χ0v) is 11.7. The van der Waals surface area contributed by atoms with Gasteiger partial charge >= 0.3 is 0 Å². The number of amides is 1. The van der Waals surface area contributed by atoms with E-state index in [2.05, 4.69) is 5.32 Å². The smallest absolute Gasteiger partial charge is 0.248 e. The minimum absolute atomic E-state index is 0.333. The highest BCUT2D eigenvalue weighted by Gasteiger charge is 2.06. The van der Waals surface area contributed by atoms with Crippen molar-refractivity contribution in [2.24, 2.45) is 5.73 Å². The first-order valence-corrected chi connectivity index (χ1v) is 6.43. The number of carbonyl (C=O) groups excluding carboxylic acids is 1. The topological polar surface area (TPSA) is 55.1 Å². The molecule has 3 nitrogen and oxygen atoms in total. The minimum atomic E-state index is -0.469. The van der Waals surface area contributed by atoms with Crippen LogP contribution in [0, 0.1) is 12.7 Å². The zero-order chi connectivity index (χ0) is 14.7. The average molecular weight is 293 g/mol. The number of benzene rings is 2. The molecule has 0 aliphatic carbocycles. The molecule has 0 spiro atoms. The lowest BCUT2D eigenvalue weighted by molar-refractivity contribution is 0.1000. The van der Waals surface area contributed by atoms with Gasteiger partial charge in [0.15, 0.2) is 0 Å². The van der Waals surface area contributed by atoms with Gasteiger partial charge in [-0.05, 0) is 42.8 Å². The van der Waals surface area contributed by atoms with Gasteiger partial charge in [-0.25, -0.2) is 4.39 Å². The predicted molar refractivity (Wildman–Crippen MR) is 78.4 cm³/mol. The molecule has 2 rings (SSSR count). The number of nitrogens with two attached hydrogens (primary N) is 1. The quantitative estimate of drug-likeness (QED) is 0.906. The number of carbonyl (C=O) groups is 1. The summed E-state index contributed by atoms with van der Waals surface area (Å²) in [6.07, 6.45) is 0. The van der Waals surface area contributed by atoms with Gasteiger partial charge < -0.3 is 11.1 Å². The van der Waals surface area contributed by atoms with E-state index in [1.165, 1.54) is 6.07 Å². The van der Waals surface area contributed by atoms with Crippen molar-refractivity contribution in [3.8, 4) is 0 Å². The van der Waals surface area contributed by atoms with Crippen molar-refractivity contribution in [2.75, 3.05) is 5.32 Å². The fourth-order valence-corrected chi connectivity index (χ4v) is 2.03. The maximum Gasteiger partial charge on any atom is 0.248 e. The van der Waals surface area contributed by atoms with Crippen molar-refractivity contribution in [1.82, 2.24) is 0 Å². The molecular weight excluding hydrogens is 279 g/mol. The van der Waals surface area contributed by atoms with Crippen LogP contribution < -0.4 is 11.1 Å². The number of hydrogen-bond donors (Lipinski definition) is 2. The second-order valence-electron chi connectivity index (χ2n) is 4.48. The molecule has 0 aliphatic rings. The summed E-state index contributed by atoms with van der Waals surface area (Å²) < 4.78 is 13.6. The van der Waals surface area contributed by atoms with E-state index < -0.39 is 5.91 Å². The average Bonchev–Trinajstić information content (AvgIpc) is 2.38. The molecule has 0 aliphatic heterocycles. The number of primary amides is 1. The molecule has 1 amide bonds. The predicted octanol–water partition coefficient (Wildman–Crippen LogP) is 3.50. The Bertz CT molecular complexity index is 658. The first-order chi connectivity index (χ1) is 9.47. The van der Waals surface area contributed by atoms with Gasteiger partial charge in [0.2, 0.25) is 5.91 Å². The van der Waals surface area contributed by atoms with Crippen LogP contribution >= 0.6 is 11.6 Å². The second kappa shape index (κ2) is 5.92. The van der Waals surface area contributed by atoms with Crippen molar-refractivity contribution >= 4 is 23.2 Å². The molecule has 0 saturated carbocycles. The van der Waals surface area contributed by atoms with Crippen LogP contribution in [0.5, 0.6) is 0 Å². The van der Waals surface area contributed by atoms with Gasteiger partial charge in [-0.2, -0.15) is 0 Å². The minimum Gasteiger partial charge on any atom is -0.381 e. The molecule has 0 unspecified atom stereocenters. The van der Waals surface area contributed by atoms with E-state index in [0.717, 1.165) is 11.3 Å². The number of aryl methyl sites for hydroxylation is 1. The number of rotatable bonds is 4. The van der Waals surface area contributed by atoms with E-state index in [9.17, 15) is 9.18 Å². The van der Waals surface area contributed by atoms with E-state index in [1.54, 1.807) is 30.3 Å². The van der Waals surface area contributed by atoms with E-state index in [-0.39, 0.29) is 5.82 Å². The largest absolute Gasteiger partial charge is 0.381 e. The van der Waals surface area contributed by atoms with Crippen LogP contribution in [0.25, 0.3) is 0 Å². The van der Waals surface area contributed by atoms with Gasteiger partial charge in [0.05, 0.1) is 0 Å². The van der Waals surface area contributed by atoms with E-state index in [0.29, 0.717) is 22.7 Å². The molecule has 5 heteroatoms. The Morgan fingerprint density at radius 1 is 1.30 bits per heavy atom. The van der Waals surface area contributed by atoms with Crippen molar-refractivity contribution < 1.29 is 9.18 Å². The molecule has 0 atom stereocenters. The molecule has 0 radical (unpaired) electrons. The fraction of sp³-hybridized carbons (Fsp3) is 0.133. The lowest BCUT2D eigenvalue weighted by atomic mass is 10.1. The maximum atomic E-state index is 13.6. The summed E-state index contributed by atoms with van der Waals surface area (Å²) in [5.74, 6) is -0.820. The normalized spacial score (nSPS) is 10.3. The third kappa shape index (κ3) is 3.27. The molecular formula is C15H14ClFN2O. The van der Waals surface area contributed by atoms with Crippen molar-refractivity contribution in [2.45, 2.75) is 13.5 Å². The first kappa shape index (κ1) is 14.3. The van der Waals surface area contributed by atoms with Crippen molar-refractivity contribution in [1.29, 1.82) is 0 Å². The molecule has 0 aromatic heterocycles. The summed E-state index contributed by atoms with van der Waals surface area (Å²) in [6, 6.07) is 9.64. The summed E-state index contributed by atoms with van der Waals surface area (Å²) >= 11 is 5.70. The number of nitrogens with one attached hydrogen (secondary N) is 1. The number of halogens is 2. The third-order valence-electron chi connectivity index (χ3n) is 3.00. The lowest BCUT2D eigenvalue weighted by Gasteiger charge is -2.11. The molecule has 0 fully saturated rings. The standard InChI is InChI=1S/C15H14ClFN2O/c1-9-6-10(15(18)20)3-5-14(9)19-8-11-2-4-12(16)7-13(11)17/h2-7,19H,8H2,1H3,(H2,18,20). The van der Waals surface area contributed by atoms with Crippen molar-refractivity contribution in [3.05, 3.63) is 63.9 Å². The summed E-state index contributed by atoms with van der Waals surface area (Å²) in [6.45, 7) is 2.19. The van der Waals surface area contributed by atoms with Crippen LogP contribution in [0.4, 0.5) is 10.1 Å². The Morgan fingerprint density at radius 2 is 2.05 bits per heavy atom. The summed E-state index contributed by atoms with van der Waals surface area (Å²) in [5, 5.41) is 3.49. The Labute approximate surface area is 121 Å². The Balaban J connectivity index is 2.13. The first-order valence-electron chi connectivity index (χ1n) is 6.05. The maximum absolute atomic E-state index is 13.6. The van der Waals surface area contributed by atoms with Crippen molar-refractivity contribution in [3.63, 3.8) is 0 Å². The molecule has 104 valence electrons. The summed E-state index contributed by atoms with van der Waals surface area (Å²) in [7, 11) is 0. The summed E-state index contributed by atoms with van der Waals surface area (Å²) in [4.78, 5) is 11.1. The molecule has 0 heterocycles. The van der Waals surface area contributed by atoms with Crippen LogP contribution in [0.15, 0.2) is 36.4 Å². The SMILES string of the molecule is Cc1cc(C(N)=O)ccc1NCc1ccc(Cl)cc1F. The Kier molecular flexibility index (Phi) is 4.25. The number of anilines is 1. The molecule has 20 heavy (non-hydrogen) atoms. The highest BCUT2D eigenvalue weighted by atomic mass is 35.5. The highest BCUT2D eigenvalue weighted by molar-refractivity contribution is 6.30. The molecule has 0 saturated heterocycles. The van der Waals surface area contributed by atoms with E-state index >= 15 is 0 Å². The third-order valence-corrected chi connectivity index (χ3v) is 3.23. The van der Waals surface area contributed by atoms with Crippen LogP contribution in [0.3, 0.4) is 0 Å². The number of hydrogen-bond acceptors (Lipinski definition) is 2. The van der Waals surface area contributed by atoms with E-state index in [1.807, 2.05) is 6.92 Å².